The van der Waals surface area contributed by atoms with Crippen LogP contribution in [0.15, 0.2) is 18.2 Å². The SMILES string of the molecule is CCOC(=O)N1CCC(NC(=O)CC(=O)Nc2ccc(C)cc2C)CC1. The number of piperidine rings is 1. The molecule has 0 spiro atoms. The molecule has 0 unspecified atom stereocenters. The van der Waals surface area contributed by atoms with Crippen LogP contribution in [0.1, 0.15) is 37.3 Å². The van der Waals surface area contributed by atoms with Crippen LogP contribution in [0.5, 0.6) is 0 Å². The van der Waals surface area contributed by atoms with Gasteiger partial charge in [-0.1, -0.05) is 17.7 Å². The number of anilines is 1. The van der Waals surface area contributed by atoms with Gasteiger partial charge in [0.15, 0.2) is 0 Å². The highest BCUT2D eigenvalue weighted by Crippen LogP contribution is 2.16. The van der Waals surface area contributed by atoms with E-state index in [1.165, 1.54) is 0 Å². The molecular formula is C19H27N3O4. The standard InChI is InChI=1S/C19H27N3O4/c1-4-26-19(25)22-9-7-15(8-10-22)20-17(23)12-18(24)21-16-6-5-13(2)11-14(16)3/h5-6,11,15H,4,7-10,12H2,1-3H3,(H,20,23)(H,21,24). The third-order valence-corrected chi connectivity index (χ3v) is 4.36. The maximum absolute atomic E-state index is 12.1. The number of ether oxygens (including phenoxy) is 1. The van der Waals surface area contributed by atoms with Crippen LogP contribution in [-0.4, -0.2) is 48.5 Å². The summed E-state index contributed by atoms with van der Waals surface area (Å²) >= 11 is 0. The van der Waals surface area contributed by atoms with Crippen molar-refractivity contribution in [3.8, 4) is 0 Å². The molecule has 1 saturated heterocycles. The van der Waals surface area contributed by atoms with Crippen molar-refractivity contribution < 1.29 is 19.1 Å². The van der Waals surface area contributed by atoms with Crippen LogP contribution in [0.3, 0.4) is 0 Å². The molecule has 3 amide bonds. The molecule has 1 aliphatic rings. The zero-order valence-corrected chi connectivity index (χ0v) is 15.6. The summed E-state index contributed by atoms with van der Waals surface area (Å²) in [5.74, 6) is -0.639. The monoisotopic (exact) mass is 361 g/mol. The summed E-state index contributed by atoms with van der Waals surface area (Å²) in [6.07, 6.45) is 0.780. The minimum absolute atomic E-state index is 0.0258. The molecule has 0 aliphatic carbocycles. The fourth-order valence-corrected chi connectivity index (χ4v) is 2.99. The summed E-state index contributed by atoms with van der Waals surface area (Å²) in [5, 5.41) is 5.64. The lowest BCUT2D eigenvalue weighted by molar-refractivity contribution is -0.127. The lowest BCUT2D eigenvalue weighted by atomic mass is 10.1. The van der Waals surface area contributed by atoms with Crippen molar-refractivity contribution in [2.45, 2.75) is 46.1 Å². The van der Waals surface area contributed by atoms with Crippen LogP contribution < -0.4 is 10.6 Å². The van der Waals surface area contributed by atoms with Crippen LogP contribution in [0, 0.1) is 13.8 Å². The molecule has 0 saturated carbocycles. The van der Waals surface area contributed by atoms with E-state index >= 15 is 0 Å². The molecule has 1 fully saturated rings. The maximum Gasteiger partial charge on any atom is 0.409 e. The van der Waals surface area contributed by atoms with Crippen molar-refractivity contribution in [3.63, 3.8) is 0 Å². The van der Waals surface area contributed by atoms with Gasteiger partial charge in [-0.15, -0.1) is 0 Å². The predicted molar refractivity (Wildman–Crippen MR) is 98.9 cm³/mol. The Morgan fingerprint density at radius 2 is 1.85 bits per heavy atom. The molecule has 1 aromatic rings. The summed E-state index contributed by atoms with van der Waals surface area (Å²) in [5.41, 5.74) is 2.80. The minimum Gasteiger partial charge on any atom is -0.450 e. The number of nitrogens with one attached hydrogen (secondary N) is 2. The summed E-state index contributed by atoms with van der Waals surface area (Å²) in [6.45, 7) is 7.11. The third kappa shape index (κ3) is 5.75. The molecule has 7 nitrogen and oxygen atoms in total. The Hall–Kier alpha value is -2.57. The Morgan fingerprint density at radius 3 is 2.46 bits per heavy atom. The van der Waals surface area contributed by atoms with E-state index in [0.717, 1.165) is 16.8 Å². The van der Waals surface area contributed by atoms with E-state index in [1.54, 1.807) is 11.8 Å². The normalized spacial score (nSPS) is 14.7. The van der Waals surface area contributed by atoms with Gasteiger partial charge in [0.05, 0.1) is 6.61 Å². The highest BCUT2D eigenvalue weighted by atomic mass is 16.6. The van der Waals surface area contributed by atoms with E-state index in [0.29, 0.717) is 32.5 Å². The smallest absolute Gasteiger partial charge is 0.409 e. The van der Waals surface area contributed by atoms with E-state index in [2.05, 4.69) is 10.6 Å². The molecule has 0 bridgehead atoms. The minimum atomic E-state index is -0.335. The molecule has 0 atom stereocenters. The molecule has 0 aromatic heterocycles. The van der Waals surface area contributed by atoms with E-state index in [1.807, 2.05) is 32.0 Å². The van der Waals surface area contributed by atoms with Gasteiger partial charge in [0.25, 0.3) is 0 Å². The number of hydrogen-bond acceptors (Lipinski definition) is 4. The van der Waals surface area contributed by atoms with Gasteiger partial charge in [-0.2, -0.15) is 0 Å². The Labute approximate surface area is 154 Å². The van der Waals surface area contributed by atoms with Crippen molar-refractivity contribution in [2.24, 2.45) is 0 Å². The fraction of sp³-hybridized carbons (Fsp3) is 0.526. The summed E-state index contributed by atoms with van der Waals surface area (Å²) in [6, 6.07) is 5.71. The number of rotatable bonds is 5. The number of hydrogen-bond donors (Lipinski definition) is 2. The van der Waals surface area contributed by atoms with Crippen LogP contribution in [-0.2, 0) is 14.3 Å². The molecule has 0 radical (unpaired) electrons. The van der Waals surface area contributed by atoms with E-state index in [4.69, 9.17) is 4.74 Å². The van der Waals surface area contributed by atoms with Crippen LogP contribution >= 0.6 is 0 Å². The number of amides is 3. The van der Waals surface area contributed by atoms with Gasteiger partial charge in [-0.25, -0.2) is 4.79 Å². The van der Waals surface area contributed by atoms with E-state index in [9.17, 15) is 14.4 Å². The highest BCUT2D eigenvalue weighted by molar-refractivity contribution is 6.03. The number of nitrogens with zero attached hydrogens (tertiary/aromatic N) is 1. The molecule has 1 heterocycles. The second-order valence-electron chi connectivity index (χ2n) is 6.57. The maximum atomic E-state index is 12.1. The first kappa shape index (κ1) is 19.8. The molecular weight excluding hydrogens is 334 g/mol. The van der Waals surface area contributed by atoms with Crippen molar-refractivity contribution in [1.29, 1.82) is 0 Å². The second-order valence-corrected chi connectivity index (χ2v) is 6.57. The quantitative estimate of drug-likeness (QED) is 0.788. The Morgan fingerprint density at radius 1 is 1.15 bits per heavy atom. The van der Waals surface area contributed by atoms with Gasteiger partial charge < -0.3 is 20.3 Å². The Bertz CT molecular complexity index is 667. The van der Waals surface area contributed by atoms with Crippen LogP contribution in [0.25, 0.3) is 0 Å². The summed E-state index contributed by atoms with van der Waals surface area (Å²) in [4.78, 5) is 37.5. The van der Waals surface area contributed by atoms with Crippen molar-refractivity contribution in [1.82, 2.24) is 10.2 Å². The topological polar surface area (TPSA) is 87.7 Å². The zero-order chi connectivity index (χ0) is 19.1. The number of likely N-dealkylation sites (tertiary alicyclic amines) is 1. The lowest BCUT2D eigenvalue weighted by Crippen LogP contribution is -2.47. The number of aryl methyl sites for hydroxylation is 2. The van der Waals surface area contributed by atoms with Gasteiger partial charge >= 0.3 is 6.09 Å². The second kappa shape index (κ2) is 9.22. The molecule has 1 aromatic carbocycles. The summed E-state index contributed by atoms with van der Waals surface area (Å²) < 4.78 is 4.97. The van der Waals surface area contributed by atoms with E-state index in [-0.39, 0.29) is 30.4 Å². The first-order chi connectivity index (χ1) is 12.4. The summed E-state index contributed by atoms with van der Waals surface area (Å²) in [7, 11) is 0. The van der Waals surface area contributed by atoms with Crippen molar-refractivity contribution in [3.05, 3.63) is 29.3 Å². The van der Waals surface area contributed by atoms with Crippen LogP contribution in [0.2, 0.25) is 0 Å². The fourth-order valence-electron chi connectivity index (χ4n) is 2.99. The van der Waals surface area contributed by atoms with Crippen molar-refractivity contribution in [2.75, 3.05) is 25.0 Å². The largest absolute Gasteiger partial charge is 0.450 e. The predicted octanol–water partition coefficient (Wildman–Crippen LogP) is 2.37. The number of carbonyl (C=O) groups is 3. The molecule has 26 heavy (non-hydrogen) atoms. The average molecular weight is 361 g/mol. The zero-order valence-electron chi connectivity index (χ0n) is 15.6. The third-order valence-electron chi connectivity index (χ3n) is 4.36. The Balaban J connectivity index is 1.75. The van der Waals surface area contributed by atoms with Crippen molar-refractivity contribution >= 4 is 23.6 Å². The molecule has 2 N–H and O–H groups in total. The number of carbonyl (C=O) groups excluding carboxylic acids is 3. The lowest BCUT2D eigenvalue weighted by Gasteiger charge is -2.31. The van der Waals surface area contributed by atoms with Gasteiger partial charge in [-0.3, -0.25) is 9.59 Å². The van der Waals surface area contributed by atoms with Gasteiger partial charge in [0.1, 0.15) is 6.42 Å². The molecule has 142 valence electrons. The van der Waals surface area contributed by atoms with Crippen LogP contribution in [0.4, 0.5) is 10.5 Å². The Kier molecular flexibility index (Phi) is 7.00. The van der Waals surface area contributed by atoms with Gasteiger partial charge in [0, 0.05) is 24.8 Å². The van der Waals surface area contributed by atoms with Gasteiger partial charge in [-0.05, 0) is 45.2 Å². The van der Waals surface area contributed by atoms with Gasteiger partial charge in [0.2, 0.25) is 11.8 Å². The van der Waals surface area contributed by atoms with E-state index < -0.39 is 0 Å². The first-order valence-corrected chi connectivity index (χ1v) is 8.97. The first-order valence-electron chi connectivity index (χ1n) is 8.97. The molecule has 1 aliphatic heterocycles. The average Bonchev–Trinajstić information content (AvgIpc) is 2.58. The number of benzene rings is 1. The molecule has 7 heteroatoms. The highest BCUT2D eigenvalue weighted by Gasteiger charge is 2.25. The molecule has 2 rings (SSSR count).